The first kappa shape index (κ1) is 14.4. The van der Waals surface area contributed by atoms with Crippen molar-refractivity contribution >= 4 is 23.1 Å². The molecule has 1 aromatic heterocycles. The van der Waals surface area contributed by atoms with Crippen LogP contribution in [0.2, 0.25) is 0 Å². The molecule has 1 aliphatic rings. The molecule has 1 unspecified atom stereocenters. The van der Waals surface area contributed by atoms with Gasteiger partial charge in [-0.15, -0.1) is 11.3 Å². The Balaban J connectivity index is 1.82. The Morgan fingerprint density at radius 1 is 1.33 bits per heavy atom. The predicted molar refractivity (Wildman–Crippen MR) is 84.8 cm³/mol. The van der Waals surface area contributed by atoms with Crippen molar-refractivity contribution in [2.45, 2.75) is 57.2 Å². The maximum absolute atomic E-state index is 3.64. The molecule has 0 aliphatic carbocycles. The Morgan fingerprint density at radius 2 is 2.11 bits per heavy atom. The van der Waals surface area contributed by atoms with Gasteiger partial charge in [-0.2, -0.15) is 11.8 Å². The molecule has 102 valence electrons. The summed E-state index contributed by atoms with van der Waals surface area (Å²) in [6.07, 6.45) is 2.75. The van der Waals surface area contributed by atoms with E-state index in [-0.39, 0.29) is 5.41 Å². The van der Waals surface area contributed by atoms with E-state index in [0.717, 1.165) is 13.1 Å². The summed E-state index contributed by atoms with van der Waals surface area (Å²) < 4.78 is 0.476. The van der Waals surface area contributed by atoms with Gasteiger partial charge < -0.3 is 5.32 Å². The molecule has 0 amide bonds. The summed E-state index contributed by atoms with van der Waals surface area (Å²) in [5.41, 5.74) is 0.288. The van der Waals surface area contributed by atoms with Gasteiger partial charge in [-0.1, -0.05) is 20.8 Å². The molecule has 0 spiro atoms. The van der Waals surface area contributed by atoms with Crippen LogP contribution < -0.4 is 5.32 Å². The van der Waals surface area contributed by atoms with Crippen molar-refractivity contribution in [1.29, 1.82) is 0 Å². The maximum Gasteiger partial charge on any atom is 0.0300 e. The van der Waals surface area contributed by atoms with E-state index in [9.17, 15) is 0 Å². The van der Waals surface area contributed by atoms with Gasteiger partial charge in [0.2, 0.25) is 0 Å². The van der Waals surface area contributed by atoms with E-state index in [0.29, 0.717) is 4.75 Å². The van der Waals surface area contributed by atoms with Crippen LogP contribution in [0.15, 0.2) is 12.1 Å². The highest BCUT2D eigenvalue weighted by atomic mass is 32.2. The molecule has 0 saturated carbocycles. The molecule has 1 N–H and O–H groups in total. The minimum Gasteiger partial charge on any atom is -0.310 e. The Kier molecular flexibility index (Phi) is 4.45. The number of thioether (sulfide) groups is 1. The lowest BCUT2D eigenvalue weighted by Crippen LogP contribution is -2.32. The highest BCUT2D eigenvalue weighted by molar-refractivity contribution is 8.00. The van der Waals surface area contributed by atoms with Gasteiger partial charge in [0.05, 0.1) is 0 Å². The standard InChI is InChI=1S/C15H25NS2/c1-14(2,3)13-7-6-12(18-13)10-16-11-15(4)8-5-9-17-15/h6-7,16H,5,8-11H2,1-4H3. The van der Waals surface area contributed by atoms with E-state index in [1.165, 1.54) is 28.3 Å². The monoisotopic (exact) mass is 283 g/mol. The number of rotatable bonds is 4. The lowest BCUT2D eigenvalue weighted by Gasteiger charge is -2.22. The smallest absolute Gasteiger partial charge is 0.0300 e. The summed E-state index contributed by atoms with van der Waals surface area (Å²) in [5.74, 6) is 1.34. The lowest BCUT2D eigenvalue weighted by molar-refractivity contribution is 0.539. The second-order valence-corrected chi connectivity index (χ2v) is 9.37. The fourth-order valence-electron chi connectivity index (χ4n) is 2.30. The third-order valence-corrected chi connectivity index (χ3v) is 6.55. The van der Waals surface area contributed by atoms with Crippen LogP contribution in [0.5, 0.6) is 0 Å². The molecule has 0 bridgehead atoms. The molecule has 3 heteroatoms. The minimum atomic E-state index is 0.288. The average Bonchev–Trinajstić information content (AvgIpc) is 2.87. The summed E-state index contributed by atoms with van der Waals surface area (Å²) in [4.78, 5) is 2.95. The molecule has 1 aliphatic heterocycles. The van der Waals surface area contributed by atoms with Crippen LogP contribution >= 0.6 is 23.1 Å². The van der Waals surface area contributed by atoms with Crippen molar-refractivity contribution in [3.8, 4) is 0 Å². The summed E-state index contributed by atoms with van der Waals surface area (Å²) in [7, 11) is 0. The van der Waals surface area contributed by atoms with Gasteiger partial charge in [-0.25, -0.2) is 0 Å². The topological polar surface area (TPSA) is 12.0 Å². The van der Waals surface area contributed by atoms with Crippen LogP contribution in [-0.4, -0.2) is 17.0 Å². The molecule has 1 aromatic rings. The van der Waals surface area contributed by atoms with Gasteiger partial charge >= 0.3 is 0 Å². The van der Waals surface area contributed by atoms with E-state index in [4.69, 9.17) is 0 Å². The van der Waals surface area contributed by atoms with E-state index in [2.05, 4.69) is 56.9 Å². The second-order valence-electron chi connectivity index (χ2n) is 6.52. The molecule has 2 rings (SSSR count). The average molecular weight is 284 g/mol. The highest BCUT2D eigenvalue weighted by Gasteiger charge is 2.28. The van der Waals surface area contributed by atoms with Gasteiger partial charge in [0.25, 0.3) is 0 Å². The molecule has 1 nitrogen and oxygen atoms in total. The summed E-state index contributed by atoms with van der Waals surface area (Å²) in [6.45, 7) is 11.4. The normalized spacial score (nSPS) is 24.7. The molecular formula is C15H25NS2. The molecule has 1 saturated heterocycles. The van der Waals surface area contributed by atoms with Crippen LogP contribution in [0.4, 0.5) is 0 Å². The Hall–Kier alpha value is 0.01000. The molecule has 1 atom stereocenters. The second kappa shape index (κ2) is 5.56. The van der Waals surface area contributed by atoms with Gasteiger partial charge in [0.15, 0.2) is 0 Å². The SMILES string of the molecule is CC1(CNCc2ccc(C(C)(C)C)s2)CCCS1. The maximum atomic E-state index is 3.64. The largest absolute Gasteiger partial charge is 0.310 e. The van der Waals surface area contributed by atoms with Crippen LogP contribution in [0, 0.1) is 0 Å². The number of hydrogen-bond acceptors (Lipinski definition) is 3. The van der Waals surface area contributed by atoms with Crippen molar-refractivity contribution in [2.75, 3.05) is 12.3 Å². The van der Waals surface area contributed by atoms with E-state index >= 15 is 0 Å². The molecule has 1 fully saturated rings. The fraction of sp³-hybridized carbons (Fsp3) is 0.733. The minimum absolute atomic E-state index is 0.288. The van der Waals surface area contributed by atoms with Crippen molar-refractivity contribution in [2.24, 2.45) is 0 Å². The van der Waals surface area contributed by atoms with Gasteiger partial charge in [-0.05, 0) is 43.1 Å². The van der Waals surface area contributed by atoms with Crippen LogP contribution in [0.3, 0.4) is 0 Å². The Labute approximate surface area is 120 Å². The number of thiophene rings is 1. The molecular weight excluding hydrogens is 258 g/mol. The number of nitrogens with one attached hydrogen (secondary N) is 1. The third-order valence-electron chi connectivity index (χ3n) is 3.50. The van der Waals surface area contributed by atoms with Gasteiger partial charge in [-0.3, -0.25) is 0 Å². The first-order valence-corrected chi connectivity index (χ1v) is 8.63. The van der Waals surface area contributed by atoms with Crippen molar-refractivity contribution in [1.82, 2.24) is 5.32 Å². The van der Waals surface area contributed by atoms with Crippen LogP contribution in [0.25, 0.3) is 0 Å². The molecule has 0 aromatic carbocycles. The Bertz CT molecular complexity index is 383. The van der Waals surface area contributed by atoms with Crippen LogP contribution in [-0.2, 0) is 12.0 Å². The van der Waals surface area contributed by atoms with E-state index in [1.54, 1.807) is 0 Å². The Morgan fingerprint density at radius 3 is 2.67 bits per heavy atom. The summed E-state index contributed by atoms with van der Waals surface area (Å²) in [6, 6.07) is 4.57. The zero-order valence-corrected chi connectivity index (χ0v) is 13.6. The third kappa shape index (κ3) is 3.75. The van der Waals surface area contributed by atoms with Crippen LogP contribution in [0.1, 0.15) is 50.3 Å². The van der Waals surface area contributed by atoms with Gasteiger partial charge in [0.1, 0.15) is 0 Å². The zero-order valence-electron chi connectivity index (χ0n) is 12.0. The highest BCUT2D eigenvalue weighted by Crippen LogP contribution is 2.37. The predicted octanol–water partition coefficient (Wildman–Crippen LogP) is 4.42. The zero-order chi connectivity index (χ0) is 13.2. The summed E-state index contributed by atoms with van der Waals surface area (Å²) in [5, 5.41) is 3.64. The first-order valence-electron chi connectivity index (χ1n) is 6.83. The quantitative estimate of drug-likeness (QED) is 0.878. The van der Waals surface area contributed by atoms with E-state index in [1.807, 2.05) is 11.3 Å². The number of hydrogen-bond donors (Lipinski definition) is 1. The van der Waals surface area contributed by atoms with Crippen molar-refractivity contribution in [3.05, 3.63) is 21.9 Å². The molecule has 2 heterocycles. The fourth-order valence-corrected chi connectivity index (χ4v) is 4.61. The van der Waals surface area contributed by atoms with Crippen molar-refractivity contribution in [3.63, 3.8) is 0 Å². The lowest BCUT2D eigenvalue weighted by atomic mass is 9.95. The van der Waals surface area contributed by atoms with Gasteiger partial charge in [0, 0.05) is 27.6 Å². The van der Waals surface area contributed by atoms with Crippen molar-refractivity contribution < 1.29 is 0 Å². The molecule has 0 radical (unpaired) electrons. The molecule has 18 heavy (non-hydrogen) atoms. The summed E-state index contributed by atoms with van der Waals surface area (Å²) >= 11 is 4.08. The van der Waals surface area contributed by atoms with E-state index < -0.39 is 0 Å². The first-order chi connectivity index (χ1) is 8.39.